The topological polar surface area (TPSA) is 28.2 Å². The fraction of sp³-hybridized carbons (Fsp3) is 0.750. The lowest BCUT2D eigenvalue weighted by Crippen LogP contribution is -2.42. The summed E-state index contributed by atoms with van der Waals surface area (Å²) in [6, 6.07) is 1.28. The van der Waals surface area contributed by atoms with Crippen molar-refractivity contribution in [3.05, 3.63) is 11.1 Å². The highest BCUT2D eigenvalue weighted by molar-refractivity contribution is 7.13. The monoisotopic (exact) mass is 239 g/mol. The zero-order valence-corrected chi connectivity index (χ0v) is 11.2. The minimum atomic E-state index is 0.599. The Morgan fingerprint density at radius 3 is 3.06 bits per heavy atom. The number of hydrogen-bond acceptors (Lipinski definition) is 4. The van der Waals surface area contributed by atoms with E-state index in [9.17, 15) is 0 Å². The van der Waals surface area contributed by atoms with E-state index in [4.69, 9.17) is 0 Å². The SMILES string of the molecule is CCc1csc(NC2CCN(C)C(C)C2)n1. The summed E-state index contributed by atoms with van der Waals surface area (Å²) in [7, 11) is 2.21. The number of nitrogens with zero attached hydrogens (tertiary/aromatic N) is 2. The maximum atomic E-state index is 4.56. The quantitative estimate of drug-likeness (QED) is 0.879. The minimum Gasteiger partial charge on any atom is -0.359 e. The molecule has 2 atom stereocenters. The molecular formula is C12H21N3S. The Bertz CT molecular complexity index is 337. The van der Waals surface area contributed by atoms with Crippen molar-refractivity contribution in [2.45, 2.75) is 45.2 Å². The summed E-state index contributed by atoms with van der Waals surface area (Å²) in [6.45, 7) is 5.63. The molecule has 0 radical (unpaired) electrons. The van der Waals surface area contributed by atoms with Crippen LogP contribution in [0.4, 0.5) is 5.13 Å². The molecule has 3 nitrogen and oxygen atoms in total. The van der Waals surface area contributed by atoms with E-state index in [0.29, 0.717) is 12.1 Å². The minimum absolute atomic E-state index is 0.599. The van der Waals surface area contributed by atoms with Gasteiger partial charge in [0.1, 0.15) is 0 Å². The van der Waals surface area contributed by atoms with Gasteiger partial charge in [-0.1, -0.05) is 6.92 Å². The molecule has 0 bridgehead atoms. The van der Waals surface area contributed by atoms with Crippen molar-refractivity contribution in [1.82, 2.24) is 9.88 Å². The molecule has 0 aromatic carbocycles. The van der Waals surface area contributed by atoms with Crippen molar-refractivity contribution >= 4 is 16.5 Å². The van der Waals surface area contributed by atoms with Crippen LogP contribution in [0.3, 0.4) is 0 Å². The third-order valence-corrected chi connectivity index (χ3v) is 4.27. The zero-order valence-electron chi connectivity index (χ0n) is 10.4. The number of rotatable bonds is 3. The molecule has 1 saturated heterocycles. The predicted octanol–water partition coefficient (Wildman–Crippen LogP) is 2.60. The average Bonchev–Trinajstić information content (AvgIpc) is 2.71. The largest absolute Gasteiger partial charge is 0.359 e. The predicted molar refractivity (Wildman–Crippen MR) is 70.2 cm³/mol. The summed E-state index contributed by atoms with van der Waals surface area (Å²) in [6.07, 6.45) is 3.47. The van der Waals surface area contributed by atoms with Crippen LogP contribution in [0.25, 0.3) is 0 Å². The highest BCUT2D eigenvalue weighted by Crippen LogP contribution is 2.22. The second-order valence-corrected chi connectivity index (χ2v) is 5.55. The normalized spacial score (nSPS) is 26.9. The summed E-state index contributed by atoms with van der Waals surface area (Å²) < 4.78 is 0. The molecule has 0 amide bonds. The summed E-state index contributed by atoms with van der Waals surface area (Å²) in [4.78, 5) is 6.99. The lowest BCUT2D eigenvalue weighted by Gasteiger charge is -2.35. The second-order valence-electron chi connectivity index (χ2n) is 4.69. The van der Waals surface area contributed by atoms with Gasteiger partial charge in [-0.2, -0.15) is 0 Å². The number of nitrogens with one attached hydrogen (secondary N) is 1. The molecule has 4 heteroatoms. The van der Waals surface area contributed by atoms with Crippen molar-refractivity contribution in [3.8, 4) is 0 Å². The Morgan fingerprint density at radius 2 is 2.44 bits per heavy atom. The Balaban J connectivity index is 1.90. The van der Waals surface area contributed by atoms with Gasteiger partial charge in [0.05, 0.1) is 5.69 Å². The molecule has 1 aliphatic rings. The summed E-state index contributed by atoms with van der Waals surface area (Å²) in [5, 5.41) is 6.82. The van der Waals surface area contributed by atoms with Gasteiger partial charge in [0, 0.05) is 24.0 Å². The number of thiazole rings is 1. The molecule has 0 aliphatic carbocycles. The molecule has 1 N–H and O–H groups in total. The fourth-order valence-electron chi connectivity index (χ4n) is 2.13. The molecular weight excluding hydrogens is 218 g/mol. The number of likely N-dealkylation sites (tertiary alicyclic amines) is 1. The fourth-order valence-corrected chi connectivity index (χ4v) is 3.00. The molecule has 90 valence electrons. The van der Waals surface area contributed by atoms with E-state index in [2.05, 4.69) is 41.5 Å². The van der Waals surface area contributed by atoms with Crippen LogP contribution in [0.5, 0.6) is 0 Å². The molecule has 1 aliphatic heterocycles. The van der Waals surface area contributed by atoms with E-state index in [1.54, 1.807) is 11.3 Å². The van der Waals surface area contributed by atoms with Crippen LogP contribution in [-0.2, 0) is 6.42 Å². The molecule has 0 saturated carbocycles. The number of aromatic nitrogens is 1. The van der Waals surface area contributed by atoms with Crippen molar-refractivity contribution in [1.29, 1.82) is 0 Å². The van der Waals surface area contributed by atoms with Gasteiger partial charge in [-0.05, 0) is 33.2 Å². The van der Waals surface area contributed by atoms with Crippen molar-refractivity contribution < 1.29 is 0 Å². The number of hydrogen-bond donors (Lipinski definition) is 1. The van der Waals surface area contributed by atoms with Crippen LogP contribution < -0.4 is 5.32 Å². The van der Waals surface area contributed by atoms with Crippen LogP contribution in [-0.4, -0.2) is 35.6 Å². The first-order valence-electron chi connectivity index (χ1n) is 6.10. The van der Waals surface area contributed by atoms with Crippen molar-refractivity contribution in [2.75, 3.05) is 18.9 Å². The third kappa shape index (κ3) is 2.74. The Morgan fingerprint density at radius 1 is 1.62 bits per heavy atom. The van der Waals surface area contributed by atoms with E-state index < -0.39 is 0 Å². The van der Waals surface area contributed by atoms with Gasteiger partial charge in [-0.3, -0.25) is 0 Å². The van der Waals surface area contributed by atoms with Gasteiger partial charge in [0.25, 0.3) is 0 Å². The molecule has 16 heavy (non-hydrogen) atoms. The van der Waals surface area contributed by atoms with Gasteiger partial charge in [-0.25, -0.2) is 4.98 Å². The molecule has 2 unspecified atom stereocenters. The summed E-state index contributed by atoms with van der Waals surface area (Å²) in [5.74, 6) is 0. The van der Waals surface area contributed by atoms with Crippen LogP contribution in [0.1, 0.15) is 32.4 Å². The average molecular weight is 239 g/mol. The molecule has 1 aromatic heterocycles. The van der Waals surface area contributed by atoms with Crippen LogP contribution in [0.15, 0.2) is 5.38 Å². The zero-order chi connectivity index (χ0) is 11.5. The smallest absolute Gasteiger partial charge is 0.183 e. The van der Waals surface area contributed by atoms with E-state index in [-0.39, 0.29) is 0 Å². The molecule has 0 spiro atoms. The van der Waals surface area contributed by atoms with Crippen LogP contribution in [0, 0.1) is 0 Å². The van der Waals surface area contributed by atoms with E-state index in [1.165, 1.54) is 25.1 Å². The van der Waals surface area contributed by atoms with Gasteiger partial charge >= 0.3 is 0 Å². The summed E-state index contributed by atoms with van der Waals surface area (Å²) >= 11 is 1.73. The Kier molecular flexibility index (Phi) is 3.82. The van der Waals surface area contributed by atoms with Gasteiger partial charge < -0.3 is 10.2 Å². The van der Waals surface area contributed by atoms with Crippen LogP contribution >= 0.6 is 11.3 Å². The van der Waals surface area contributed by atoms with Gasteiger partial charge in [0.2, 0.25) is 0 Å². The molecule has 1 aromatic rings. The van der Waals surface area contributed by atoms with Gasteiger partial charge in [0.15, 0.2) is 5.13 Å². The maximum Gasteiger partial charge on any atom is 0.183 e. The lowest BCUT2D eigenvalue weighted by atomic mass is 9.99. The molecule has 2 heterocycles. The second kappa shape index (κ2) is 5.15. The number of piperidine rings is 1. The Labute approximate surface area is 102 Å². The summed E-state index contributed by atoms with van der Waals surface area (Å²) in [5.41, 5.74) is 1.20. The van der Waals surface area contributed by atoms with E-state index in [0.717, 1.165) is 11.6 Å². The van der Waals surface area contributed by atoms with Crippen LogP contribution in [0.2, 0.25) is 0 Å². The maximum absolute atomic E-state index is 4.56. The molecule has 1 fully saturated rings. The Hall–Kier alpha value is -0.610. The highest BCUT2D eigenvalue weighted by Gasteiger charge is 2.22. The molecule has 2 rings (SSSR count). The highest BCUT2D eigenvalue weighted by atomic mass is 32.1. The standard InChI is InChI=1S/C12H21N3S/c1-4-10-8-16-12(13-10)14-11-5-6-15(3)9(2)7-11/h8-9,11H,4-7H2,1-3H3,(H,13,14). The number of aryl methyl sites for hydroxylation is 1. The lowest BCUT2D eigenvalue weighted by molar-refractivity contribution is 0.190. The first-order valence-corrected chi connectivity index (χ1v) is 6.98. The first-order chi connectivity index (χ1) is 7.69. The number of anilines is 1. The van der Waals surface area contributed by atoms with Gasteiger partial charge in [-0.15, -0.1) is 11.3 Å². The first kappa shape index (κ1) is 11.9. The van der Waals surface area contributed by atoms with E-state index >= 15 is 0 Å². The van der Waals surface area contributed by atoms with Crippen molar-refractivity contribution in [2.24, 2.45) is 0 Å². The third-order valence-electron chi connectivity index (χ3n) is 3.45. The van der Waals surface area contributed by atoms with Crippen molar-refractivity contribution in [3.63, 3.8) is 0 Å². The van der Waals surface area contributed by atoms with E-state index in [1.807, 2.05) is 0 Å².